The fourth-order valence-corrected chi connectivity index (χ4v) is 13.3. The van der Waals surface area contributed by atoms with Crippen molar-refractivity contribution in [3.8, 4) is 39.1 Å². The Morgan fingerprint density at radius 3 is 1.73 bits per heavy atom. The Morgan fingerprint density at radius 2 is 1.05 bits per heavy atom. The smallest absolute Gasteiger partial charge is 0.0648 e. The van der Waals surface area contributed by atoms with Crippen LogP contribution in [0.1, 0.15) is 84.5 Å². The molecule has 0 aliphatic heterocycles. The third-order valence-corrected chi connectivity index (χ3v) is 17.3. The Labute approximate surface area is 461 Å². The van der Waals surface area contributed by atoms with E-state index in [1.807, 2.05) is 0 Å². The van der Waals surface area contributed by atoms with Crippen LogP contribution in [-0.4, -0.2) is 10.1 Å². The number of allylic oxidation sites excluding steroid dienone is 4. The number of rotatable bonds is 8. The van der Waals surface area contributed by atoms with Crippen LogP contribution in [0.25, 0.3) is 87.9 Å². The molecule has 1 heterocycles. The van der Waals surface area contributed by atoms with Crippen LogP contribution in [0, 0.1) is 11.3 Å². The third kappa shape index (κ3) is 8.59. The quantitative estimate of drug-likeness (QED) is 0.138. The summed E-state index contributed by atoms with van der Waals surface area (Å²) in [5.74, 6) is 0.587. The van der Waals surface area contributed by atoms with E-state index < -0.39 is 5.54 Å². The maximum absolute atomic E-state index is 2.66. The minimum absolute atomic E-state index is 0.00457. The predicted octanol–water partition coefficient (Wildman–Crippen LogP) is 21.0. The van der Waals surface area contributed by atoms with Crippen molar-refractivity contribution in [3.05, 3.63) is 265 Å². The van der Waals surface area contributed by atoms with Gasteiger partial charge in [0.05, 0.1) is 11.1 Å². The highest BCUT2D eigenvalue weighted by Gasteiger charge is 2.41. The zero-order valence-electron chi connectivity index (χ0n) is 46.4. The number of para-hydroxylation sites is 1. The number of benzene rings is 10. The molecular formula is C76H68N2. The number of anilines is 2. The lowest BCUT2D eigenvalue weighted by atomic mass is 9.66. The maximum Gasteiger partial charge on any atom is 0.0648 e. The van der Waals surface area contributed by atoms with Gasteiger partial charge in [-0.25, -0.2) is 0 Å². The normalized spacial score (nSPS) is 17.6. The average molecular weight is 1010 g/mol. The topological polar surface area (TPSA) is 8.17 Å². The number of aromatic nitrogens is 1. The van der Waals surface area contributed by atoms with E-state index in [1.54, 1.807) is 0 Å². The highest BCUT2D eigenvalue weighted by Crippen LogP contribution is 2.54. The van der Waals surface area contributed by atoms with Gasteiger partial charge in [-0.15, -0.1) is 0 Å². The molecule has 0 saturated carbocycles. The van der Waals surface area contributed by atoms with Crippen molar-refractivity contribution in [3.63, 3.8) is 0 Å². The minimum atomic E-state index is -0.435. The predicted molar refractivity (Wildman–Crippen MR) is 335 cm³/mol. The highest BCUT2D eigenvalue weighted by atomic mass is 15.2. The van der Waals surface area contributed by atoms with Gasteiger partial charge in [-0.05, 0) is 161 Å². The summed E-state index contributed by atoms with van der Waals surface area (Å²) in [5, 5.41) is 8.95. The first kappa shape index (κ1) is 49.1. The van der Waals surface area contributed by atoms with E-state index in [0.717, 1.165) is 17.8 Å². The molecule has 0 amide bonds. The fourth-order valence-electron chi connectivity index (χ4n) is 13.3. The van der Waals surface area contributed by atoms with Crippen molar-refractivity contribution in [2.75, 3.05) is 4.90 Å². The summed E-state index contributed by atoms with van der Waals surface area (Å²) >= 11 is 0. The summed E-state index contributed by atoms with van der Waals surface area (Å²) in [6, 6.07) is 81.4. The van der Waals surface area contributed by atoms with E-state index in [0.29, 0.717) is 5.92 Å². The molecule has 2 nitrogen and oxygen atoms in total. The third-order valence-electron chi connectivity index (χ3n) is 17.3. The molecule has 0 fully saturated rings. The first-order chi connectivity index (χ1) is 37.7. The molecule has 0 saturated heterocycles. The monoisotopic (exact) mass is 1010 g/mol. The maximum atomic E-state index is 2.66. The van der Waals surface area contributed by atoms with Crippen molar-refractivity contribution in [2.24, 2.45) is 11.3 Å². The van der Waals surface area contributed by atoms with E-state index in [4.69, 9.17) is 0 Å². The molecule has 382 valence electrons. The van der Waals surface area contributed by atoms with Gasteiger partial charge < -0.3 is 9.47 Å². The summed E-state index contributed by atoms with van der Waals surface area (Å²) in [7, 11) is 0. The lowest BCUT2D eigenvalue weighted by molar-refractivity contribution is 0.254. The second-order valence-electron chi connectivity index (χ2n) is 24.5. The van der Waals surface area contributed by atoms with E-state index in [9.17, 15) is 0 Å². The van der Waals surface area contributed by atoms with Gasteiger partial charge in [0.1, 0.15) is 0 Å². The van der Waals surface area contributed by atoms with Crippen LogP contribution < -0.4 is 4.90 Å². The molecule has 0 spiro atoms. The molecule has 0 radical (unpaired) electrons. The largest absolute Gasteiger partial charge is 0.332 e. The van der Waals surface area contributed by atoms with Gasteiger partial charge in [-0.3, -0.25) is 0 Å². The molecule has 2 heteroatoms. The second-order valence-corrected chi connectivity index (χ2v) is 24.5. The Balaban J connectivity index is 0.911. The van der Waals surface area contributed by atoms with Gasteiger partial charge in [-0.2, -0.15) is 0 Å². The van der Waals surface area contributed by atoms with E-state index in [-0.39, 0.29) is 16.7 Å². The van der Waals surface area contributed by atoms with E-state index in [1.165, 1.54) is 110 Å². The molecule has 3 atom stereocenters. The van der Waals surface area contributed by atoms with Crippen molar-refractivity contribution in [2.45, 2.75) is 78.7 Å². The lowest BCUT2D eigenvalue weighted by Gasteiger charge is -2.44. The molecule has 1 aromatic heterocycles. The van der Waals surface area contributed by atoms with Gasteiger partial charge in [0.2, 0.25) is 0 Å². The summed E-state index contributed by atoms with van der Waals surface area (Å²) in [4.78, 5) is 2.59. The zero-order valence-corrected chi connectivity index (χ0v) is 46.4. The minimum Gasteiger partial charge on any atom is -0.332 e. The number of hydrogen-bond acceptors (Lipinski definition) is 1. The molecule has 0 bridgehead atoms. The first-order valence-electron chi connectivity index (χ1n) is 28.1. The molecule has 78 heavy (non-hydrogen) atoms. The van der Waals surface area contributed by atoms with Gasteiger partial charge in [0.15, 0.2) is 0 Å². The lowest BCUT2D eigenvalue weighted by Crippen LogP contribution is -2.43. The molecule has 0 N–H and O–H groups in total. The van der Waals surface area contributed by atoms with Crippen molar-refractivity contribution >= 4 is 60.2 Å². The Morgan fingerprint density at radius 1 is 0.500 bits per heavy atom. The number of fused-ring (bicyclic) bond motifs is 7. The van der Waals surface area contributed by atoms with Gasteiger partial charge in [0, 0.05) is 39.6 Å². The molecule has 2 aliphatic carbocycles. The van der Waals surface area contributed by atoms with Gasteiger partial charge >= 0.3 is 0 Å². The molecule has 13 rings (SSSR count). The van der Waals surface area contributed by atoms with Gasteiger partial charge in [-0.1, -0.05) is 243 Å². The molecule has 10 aromatic carbocycles. The van der Waals surface area contributed by atoms with Crippen LogP contribution >= 0.6 is 0 Å². The second kappa shape index (κ2) is 18.9. The summed E-state index contributed by atoms with van der Waals surface area (Å²) in [6.07, 6.45) is 10.7. The Hall–Kier alpha value is -8.46. The molecule has 2 aliphatic rings. The summed E-state index contributed by atoms with van der Waals surface area (Å²) < 4.78 is 2.61. The highest BCUT2D eigenvalue weighted by molar-refractivity contribution is 6.08. The molecule has 3 unspecified atom stereocenters. The van der Waals surface area contributed by atoms with Gasteiger partial charge in [0.25, 0.3) is 0 Å². The summed E-state index contributed by atoms with van der Waals surface area (Å²) in [6.45, 7) is 19.2. The SMILES string of the molecule is CC1c2c(c3ccc(C(C)(C)C)cc3n2-c2ccccc2)C(C2=CC=CC(C)(N(c3ccc(-c4ccc(-c5cccc6ccccc56)cc4)cc3)c3ccc(-c4ccc5c(ccc6ccccc65)c4)cc3)C2)=CC1C(C)(C)C. The van der Waals surface area contributed by atoms with Crippen LogP contribution in [0.4, 0.5) is 11.4 Å². The van der Waals surface area contributed by atoms with Crippen LogP contribution in [0.3, 0.4) is 0 Å². The van der Waals surface area contributed by atoms with Crippen molar-refractivity contribution in [1.82, 2.24) is 4.57 Å². The van der Waals surface area contributed by atoms with Crippen LogP contribution in [0.15, 0.2) is 248 Å². The van der Waals surface area contributed by atoms with Crippen molar-refractivity contribution < 1.29 is 0 Å². The van der Waals surface area contributed by atoms with Crippen molar-refractivity contribution in [1.29, 1.82) is 0 Å². The Kier molecular flexibility index (Phi) is 11.9. The van der Waals surface area contributed by atoms with E-state index >= 15 is 0 Å². The fraction of sp³-hybridized carbons (Fsp3) is 0.184. The van der Waals surface area contributed by atoms with Crippen LogP contribution in [0.2, 0.25) is 0 Å². The first-order valence-corrected chi connectivity index (χ1v) is 28.1. The van der Waals surface area contributed by atoms with Crippen LogP contribution in [0.5, 0.6) is 0 Å². The molecular weight excluding hydrogens is 941 g/mol. The van der Waals surface area contributed by atoms with Crippen LogP contribution in [-0.2, 0) is 5.41 Å². The zero-order chi connectivity index (χ0) is 53.5. The number of hydrogen-bond donors (Lipinski definition) is 0. The summed E-state index contributed by atoms with van der Waals surface area (Å²) in [5.41, 5.74) is 18.6. The van der Waals surface area contributed by atoms with E-state index in [2.05, 4.69) is 308 Å². The standard InChI is InChI=1S/C76H68N2/c1-50-70(75(5,6)7)48-69(72-68-44-38-60(74(2,3)4)47-71(68)77(73(50)72)61-22-10-9-11-23-61)59-21-17-45-76(8,49-59)78(63-41-35-53(36-42-63)57-37-43-67-58(46-57)32-31-55-19-13-15-25-65(55)67)62-39-33-52(34-40-62)51-27-29-56(30-28-51)66-26-16-20-54-18-12-14-24-64(54)66/h9-48,50,70H,49H2,1-8H3. The number of nitrogens with zero attached hydrogens (tertiary/aromatic N) is 2. The average Bonchev–Trinajstić information content (AvgIpc) is 3.95. The Bertz CT molecular complexity index is 4180. The molecule has 11 aromatic rings.